The van der Waals surface area contributed by atoms with Crippen LogP contribution in [0.1, 0.15) is 245 Å². The molecule has 0 aromatic heterocycles. The summed E-state index contributed by atoms with van der Waals surface area (Å²) in [4.78, 5) is 29.4. The van der Waals surface area contributed by atoms with Gasteiger partial charge in [0.25, 0.3) is 0 Å². The summed E-state index contributed by atoms with van der Waals surface area (Å²) in [5.74, 6) is 0.876. The molecule has 0 unspecified atom stereocenters. The van der Waals surface area contributed by atoms with Gasteiger partial charge in [0.1, 0.15) is 11.6 Å². The lowest BCUT2D eigenvalue weighted by molar-refractivity contribution is -0.121. The molecule has 48 heavy (non-hydrogen) atoms. The SMILES string of the molecule is CCCCCCCCCCCCCCCCCCC(=O)CCN1CN(CCC(=O)CCCCCCCCCCCCCCCCCC)C1. The molecule has 0 atom stereocenters. The summed E-state index contributed by atoms with van der Waals surface area (Å²) in [5.41, 5.74) is 0. The van der Waals surface area contributed by atoms with Crippen molar-refractivity contribution in [3.05, 3.63) is 0 Å². The summed E-state index contributed by atoms with van der Waals surface area (Å²) in [6, 6.07) is 0. The van der Waals surface area contributed by atoms with E-state index in [0.29, 0.717) is 24.4 Å². The zero-order chi connectivity index (χ0) is 34.6. The largest absolute Gasteiger partial charge is 0.300 e. The van der Waals surface area contributed by atoms with Crippen molar-refractivity contribution in [2.45, 2.75) is 245 Å². The fraction of sp³-hybridized carbons (Fsp3) is 0.955. The van der Waals surface area contributed by atoms with Gasteiger partial charge in [0, 0.05) is 38.8 Å². The molecule has 0 radical (unpaired) electrons. The van der Waals surface area contributed by atoms with E-state index in [4.69, 9.17) is 0 Å². The summed E-state index contributed by atoms with van der Waals surface area (Å²) in [5, 5.41) is 0. The van der Waals surface area contributed by atoms with Crippen molar-refractivity contribution in [2.75, 3.05) is 26.4 Å². The number of ketones is 2. The molecule has 1 fully saturated rings. The molecule has 0 amide bonds. The van der Waals surface area contributed by atoms with Crippen LogP contribution in [-0.2, 0) is 9.59 Å². The van der Waals surface area contributed by atoms with Crippen molar-refractivity contribution in [1.29, 1.82) is 0 Å². The standard InChI is InChI=1S/C44H86N2O2/c1-3-5-7-9-11-13-15-17-19-21-23-25-27-29-31-33-35-43(47)37-39-45-41-46(42-45)40-38-44(48)36-34-32-30-28-26-24-22-20-18-16-14-12-10-8-6-4-2/h3-42H2,1-2H3. The average molecular weight is 675 g/mol. The maximum atomic E-state index is 12.3. The smallest absolute Gasteiger partial charge is 0.134 e. The van der Waals surface area contributed by atoms with Gasteiger partial charge in [0.2, 0.25) is 0 Å². The van der Waals surface area contributed by atoms with Gasteiger partial charge in [0.05, 0.1) is 13.3 Å². The number of hydrogen-bond acceptors (Lipinski definition) is 4. The highest BCUT2D eigenvalue weighted by molar-refractivity contribution is 5.78. The van der Waals surface area contributed by atoms with Gasteiger partial charge in [-0.05, 0) is 12.8 Å². The highest BCUT2D eigenvalue weighted by Gasteiger charge is 2.24. The lowest BCUT2D eigenvalue weighted by Gasteiger charge is -2.42. The van der Waals surface area contributed by atoms with Gasteiger partial charge < -0.3 is 0 Å². The molecule has 0 N–H and O–H groups in total. The van der Waals surface area contributed by atoms with Crippen molar-refractivity contribution in [2.24, 2.45) is 0 Å². The summed E-state index contributed by atoms with van der Waals surface area (Å²) in [6.45, 7) is 8.22. The maximum absolute atomic E-state index is 12.3. The molecule has 1 aliphatic heterocycles. The molecule has 0 aliphatic carbocycles. The molecule has 1 aliphatic rings. The number of unbranched alkanes of at least 4 members (excludes halogenated alkanes) is 30. The average Bonchev–Trinajstić information content (AvgIpc) is 3.07. The highest BCUT2D eigenvalue weighted by Crippen LogP contribution is 2.17. The van der Waals surface area contributed by atoms with E-state index in [1.807, 2.05) is 0 Å². The number of Topliss-reactive ketones (excluding diaryl/α,β-unsaturated/α-hetero) is 2. The van der Waals surface area contributed by atoms with Crippen molar-refractivity contribution < 1.29 is 9.59 Å². The first-order valence-corrected chi connectivity index (χ1v) is 22.1. The van der Waals surface area contributed by atoms with Crippen LogP contribution in [0, 0.1) is 0 Å². The Bertz CT molecular complexity index is 633. The van der Waals surface area contributed by atoms with Gasteiger partial charge in [-0.15, -0.1) is 0 Å². The van der Waals surface area contributed by atoms with E-state index >= 15 is 0 Å². The Morgan fingerprint density at radius 2 is 0.521 bits per heavy atom. The topological polar surface area (TPSA) is 40.6 Å². The number of rotatable bonds is 40. The van der Waals surface area contributed by atoms with Gasteiger partial charge >= 0.3 is 0 Å². The Labute approximate surface area is 301 Å². The first-order valence-electron chi connectivity index (χ1n) is 22.1. The molecular weight excluding hydrogens is 588 g/mol. The van der Waals surface area contributed by atoms with Crippen LogP contribution < -0.4 is 0 Å². The number of hydrogen-bond donors (Lipinski definition) is 0. The third-order valence-corrected chi connectivity index (χ3v) is 10.8. The van der Waals surface area contributed by atoms with Crippen LogP contribution in [0.5, 0.6) is 0 Å². The minimum absolute atomic E-state index is 0.438. The number of carbonyl (C=O) groups excluding carboxylic acids is 2. The van der Waals surface area contributed by atoms with Gasteiger partial charge in [-0.2, -0.15) is 0 Å². The van der Waals surface area contributed by atoms with Crippen LogP contribution in [0.15, 0.2) is 0 Å². The second kappa shape index (κ2) is 36.1. The quantitative estimate of drug-likeness (QED) is 0.0607. The minimum atomic E-state index is 0.438. The molecule has 4 heteroatoms. The first kappa shape index (κ1) is 45.3. The molecule has 0 spiro atoms. The summed E-state index contributed by atoms with van der Waals surface area (Å²) in [7, 11) is 0. The summed E-state index contributed by atoms with van der Waals surface area (Å²) < 4.78 is 0. The third kappa shape index (κ3) is 31.3. The fourth-order valence-electron chi connectivity index (χ4n) is 7.36. The second-order valence-electron chi connectivity index (χ2n) is 15.8. The Balaban J connectivity index is 1.76. The second-order valence-corrected chi connectivity index (χ2v) is 15.8. The molecule has 1 heterocycles. The predicted molar refractivity (Wildman–Crippen MR) is 211 cm³/mol. The Kier molecular flexibility index (Phi) is 34.0. The van der Waals surface area contributed by atoms with Crippen molar-refractivity contribution >= 4 is 11.6 Å². The van der Waals surface area contributed by atoms with E-state index in [-0.39, 0.29) is 0 Å². The van der Waals surface area contributed by atoms with E-state index < -0.39 is 0 Å². The lowest BCUT2D eigenvalue weighted by Crippen LogP contribution is -2.55. The monoisotopic (exact) mass is 675 g/mol. The number of carbonyl (C=O) groups is 2. The Hall–Kier alpha value is -0.740. The zero-order valence-corrected chi connectivity index (χ0v) is 33.0. The van der Waals surface area contributed by atoms with E-state index in [0.717, 1.165) is 52.1 Å². The maximum Gasteiger partial charge on any atom is 0.134 e. The molecule has 0 saturated carbocycles. The van der Waals surface area contributed by atoms with Gasteiger partial charge in [-0.1, -0.05) is 206 Å². The summed E-state index contributed by atoms with van der Waals surface area (Å²) >= 11 is 0. The molecule has 1 saturated heterocycles. The number of nitrogens with zero attached hydrogens (tertiary/aromatic N) is 2. The van der Waals surface area contributed by atoms with Crippen LogP contribution in [0.25, 0.3) is 0 Å². The van der Waals surface area contributed by atoms with Crippen LogP contribution >= 0.6 is 0 Å². The Morgan fingerprint density at radius 3 is 0.750 bits per heavy atom. The Morgan fingerprint density at radius 1 is 0.312 bits per heavy atom. The fourth-order valence-corrected chi connectivity index (χ4v) is 7.36. The molecule has 0 aromatic rings. The predicted octanol–water partition coefficient (Wildman–Crippen LogP) is 13.7. The molecular formula is C44H86N2O2. The minimum Gasteiger partial charge on any atom is -0.300 e. The normalized spacial score (nSPS) is 13.7. The van der Waals surface area contributed by atoms with Gasteiger partial charge in [0.15, 0.2) is 0 Å². The van der Waals surface area contributed by atoms with E-state index in [1.54, 1.807) is 0 Å². The highest BCUT2D eigenvalue weighted by atomic mass is 16.1. The molecule has 1 rings (SSSR count). The van der Waals surface area contributed by atoms with Crippen LogP contribution in [0.2, 0.25) is 0 Å². The van der Waals surface area contributed by atoms with Gasteiger partial charge in [-0.3, -0.25) is 19.4 Å². The molecule has 284 valence electrons. The first-order chi connectivity index (χ1) is 23.7. The molecule has 4 nitrogen and oxygen atoms in total. The van der Waals surface area contributed by atoms with E-state index in [9.17, 15) is 9.59 Å². The molecule has 0 aromatic carbocycles. The van der Waals surface area contributed by atoms with Gasteiger partial charge in [-0.25, -0.2) is 0 Å². The van der Waals surface area contributed by atoms with Crippen LogP contribution in [-0.4, -0.2) is 47.8 Å². The third-order valence-electron chi connectivity index (χ3n) is 10.8. The zero-order valence-electron chi connectivity index (χ0n) is 33.0. The summed E-state index contributed by atoms with van der Waals surface area (Å²) in [6.07, 6.45) is 46.9. The van der Waals surface area contributed by atoms with Crippen molar-refractivity contribution in [3.63, 3.8) is 0 Å². The van der Waals surface area contributed by atoms with E-state index in [2.05, 4.69) is 23.6 Å². The van der Waals surface area contributed by atoms with Crippen LogP contribution in [0.4, 0.5) is 0 Å². The molecule has 0 bridgehead atoms. The van der Waals surface area contributed by atoms with Crippen molar-refractivity contribution in [1.82, 2.24) is 9.80 Å². The van der Waals surface area contributed by atoms with Crippen LogP contribution in [0.3, 0.4) is 0 Å². The van der Waals surface area contributed by atoms with Crippen molar-refractivity contribution in [3.8, 4) is 0 Å². The lowest BCUT2D eigenvalue weighted by atomic mass is 10.0. The van der Waals surface area contributed by atoms with E-state index in [1.165, 1.54) is 193 Å².